The normalized spacial score (nSPS) is 13.3. The molecule has 36 heavy (non-hydrogen) atoms. The fraction of sp³-hybridized carbons (Fsp3) is 0.0400. The topological polar surface area (TPSA) is 78.0 Å². The number of hydrogen-bond acceptors (Lipinski definition) is 5. The van der Waals surface area contributed by atoms with E-state index in [1.165, 1.54) is 7.05 Å². The van der Waals surface area contributed by atoms with Gasteiger partial charge < -0.3 is 8.98 Å². The fourth-order valence-electron chi connectivity index (χ4n) is 4.23. The summed E-state index contributed by atoms with van der Waals surface area (Å²) in [4.78, 5) is 33.7. The van der Waals surface area contributed by atoms with Crippen LogP contribution in [0.1, 0.15) is 26.6 Å². The fourth-order valence-corrected chi connectivity index (χ4v) is 4.23. The van der Waals surface area contributed by atoms with Crippen LogP contribution in [0.5, 0.6) is 0 Å². The summed E-state index contributed by atoms with van der Waals surface area (Å²) in [7, 11) is 1.23. The Morgan fingerprint density at radius 2 is 1.33 bits per heavy atom. The minimum Gasteiger partial charge on any atom is -0.417 e. The van der Waals surface area contributed by atoms with Crippen molar-refractivity contribution < 1.29 is 36.0 Å². The minimum atomic E-state index is -2.29. The number of benzene rings is 3. The van der Waals surface area contributed by atoms with Crippen molar-refractivity contribution in [2.24, 2.45) is 7.05 Å². The summed E-state index contributed by atoms with van der Waals surface area (Å²) in [5.41, 5.74) is -1.40. The number of allylic oxidation sites excluding steroid dienone is 1. The van der Waals surface area contributed by atoms with Crippen molar-refractivity contribution in [3.8, 4) is 11.4 Å². The molecule has 2 aromatic heterocycles. The molecule has 0 bridgehead atoms. The second-order valence-electron chi connectivity index (χ2n) is 8.08. The molecule has 0 amide bonds. The lowest BCUT2D eigenvalue weighted by Gasteiger charge is -2.07. The Bertz CT molecular complexity index is 1770. The molecule has 0 saturated carbocycles. The van der Waals surface area contributed by atoms with Crippen LogP contribution in [0.2, 0.25) is 0 Å². The summed E-state index contributed by atoms with van der Waals surface area (Å²) in [5.74, 6) is -12.5. The molecular formula is C25H10F5N3O3. The molecule has 178 valence electrons. The van der Waals surface area contributed by atoms with Gasteiger partial charge >= 0.3 is 0 Å². The molecule has 3 aromatic carbocycles. The van der Waals surface area contributed by atoms with E-state index < -0.39 is 52.0 Å². The van der Waals surface area contributed by atoms with Gasteiger partial charge in [0.15, 0.2) is 40.7 Å². The lowest BCUT2D eigenvalue weighted by Crippen LogP contribution is -2.07. The molecule has 6 rings (SSSR count). The first kappa shape index (κ1) is 21.8. The smallest absolute Gasteiger partial charge is 0.267 e. The van der Waals surface area contributed by atoms with Crippen molar-refractivity contribution in [1.29, 1.82) is 0 Å². The van der Waals surface area contributed by atoms with Crippen molar-refractivity contribution in [2.45, 2.75) is 0 Å². The summed E-state index contributed by atoms with van der Waals surface area (Å²) >= 11 is 0. The first-order valence-electron chi connectivity index (χ1n) is 10.4. The van der Waals surface area contributed by atoms with E-state index in [1.54, 1.807) is 24.3 Å². The summed E-state index contributed by atoms with van der Waals surface area (Å²) in [6.07, 6.45) is 1.12. The van der Waals surface area contributed by atoms with Crippen molar-refractivity contribution in [3.63, 3.8) is 0 Å². The quantitative estimate of drug-likeness (QED) is 0.106. The van der Waals surface area contributed by atoms with Gasteiger partial charge in [-0.1, -0.05) is 24.3 Å². The lowest BCUT2D eigenvalue weighted by molar-refractivity contribution is 0.0990. The van der Waals surface area contributed by atoms with E-state index in [2.05, 4.69) is 9.97 Å². The molecule has 0 unspecified atom stereocenters. The Balaban J connectivity index is 1.43. The molecule has 2 heterocycles. The molecule has 5 aromatic rings. The SMILES string of the molecule is Cn1c(-c2c(F)c(F)c(F)c(F)c2F)nc2oc(C=C3C(=O)c4cc5ccccc5cc4C3=O)nc21. The number of carbonyl (C=O) groups excluding carboxylic acids is 2. The van der Waals surface area contributed by atoms with Gasteiger partial charge in [0.25, 0.3) is 5.71 Å². The van der Waals surface area contributed by atoms with Gasteiger partial charge in [0.2, 0.25) is 17.4 Å². The van der Waals surface area contributed by atoms with Gasteiger partial charge in [-0.15, -0.1) is 0 Å². The third-order valence-electron chi connectivity index (χ3n) is 6.02. The molecular weight excluding hydrogens is 485 g/mol. The molecule has 0 radical (unpaired) electrons. The third kappa shape index (κ3) is 2.88. The molecule has 0 spiro atoms. The van der Waals surface area contributed by atoms with E-state index in [-0.39, 0.29) is 34.0 Å². The van der Waals surface area contributed by atoms with Crippen LogP contribution < -0.4 is 0 Å². The molecule has 1 aliphatic carbocycles. The van der Waals surface area contributed by atoms with Crippen molar-refractivity contribution >= 4 is 39.8 Å². The number of ketones is 2. The Labute approximate surface area is 197 Å². The highest BCUT2D eigenvalue weighted by Gasteiger charge is 2.34. The predicted molar refractivity (Wildman–Crippen MR) is 117 cm³/mol. The van der Waals surface area contributed by atoms with Crippen LogP contribution >= 0.6 is 0 Å². The molecule has 0 atom stereocenters. The zero-order valence-corrected chi connectivity index (χ0v) is 18.0. The number of imidazole rings is 1. The number of fused-ring (bicyclic) bond motifs is 3. The van der Waals surface area contributed by atoms with Gasteiger partial charge in [0.05, 0.1) is 11.1 Å². The number of oxazole rings is 1. The predicted octanol–water partition coefficient (Wildman–Crippen LogP) is 5.54. The first-order valence-corrected chi connectivity index (χ1v) is 10.4. The van der Waals surface area contributed by atoms with Gasteiger partial charge in [-0.05, 0) is 22.9 Å². The number of nitrogens with zero attached hydrogens (tertiary/aromatic N) is 3. The van der Waals surface area contributed by atoms with Gasteiger partial charge in [-0.2, -0.15) is 9.97 Å². The minimum absolute atomic E-state index is 0.109. The van der Waals surface area contributed by atoms with Gasteiger partial charge in [-0.25, -0.2) is 22.0 Å². The zero-order valence-electron chi connectivity index (χ0n) is 18.0. The number of Topliss-reactive ketones (excluding diaryl/α,β-unsaturated/α-hetero) is 2. The van der Waals surface area contributed by atoms with E-state index in [1.807, 2.05) is 12.1 Å². The molecule has 0 N–H and O–H groups in total. The maximum atomic E-state index is 14.3. The number of halogens is 5. The van der Waals surface area contributed by atoms with E-state index in [0.29, 0.717) is 0 Å². The van der Waals surface area contributed by atoms with Gasteiger partial charge in [0, 0.05) is 24.3 Å². The average Bonchev–Trinajstić information content (AvgIpc) is 3.48. The Morgan fingerprint density at radius 3 is 1.86 bits per heavy atom. The van der Waals surface area contributed by atoms with E-state index in [4.69, 9.17) is 4.42 Å². The largest absolute Gasteiger partial charge is 0.417 e. The van der Waals surface area contributed by atoms with Crippen LogP contribution in [0.3, 0.4) is 0 Å². The zero-order chi connectivity index (χ0) is 25.5. The van der Waals surface area contributed by atoms with Crippen molar-refractivity contribution in [2.75, 3.05) is 0 Å². The van der Waals surface area contributed by atoms with E-state index in [0.717, 1.165) is 21.4 Å². The summed E-state index contributed by atoms with van der Waals surface area (Å²) in [6.45, 7) is 0. The lowest BCUT2D eigenvalue weighted by atomic mass is 10.0. The van der Waals surface area contributed by atoms with Crippen LogP contribution in [-0.2, 0) is 7.05 Å². The molecule has 0 saturated heterocycles. The monoisotopic (exact) mass is 495 g/mol. The Hall–Kier alpha value is -4.67. The van der Waals surface area contributed by atoms with Crippen LogP contribution in [0.4, 0.5) is 22.0 Å². The third-order valence-corrected chi connectivity index (χ3v) is 6.02. The summed E-state index contributed by atoms with van der Waals surface area (Å²) in [6, 6.07) is 10.5. The molecule has 6 nitrogen and oxygen atoms in total. The highest BCUT2D eigenvalue weighted by atomic mass is 19.2. The van der Waals surface area contributed by atoms with Crippen LogP contribution in [0.25, 0.3) is 39.6 Å². The second-order valence-corrected chi connectivity index (χ2v) is 8.08. The number of aryl methyl sites for hydroxylation is 1. The van der Waals surface area contributed by atoms with E-state index in [9.17, 15) is 31.5 Å². The van der Waals surface area contributed by atoms with Crippen LogP contribution in [-0.4, -0.2) is 26.1 Å². The molecule has 11 heteroatoms. The van der Waals surface area contributed by atoms with Gasteiger partial charge in [-0.3, -0.25) is 9.59 Å². The van der Waals surface area contributed by atoms with Crippen LogP contribution in [0, 0.1) is 29.1 Å². The first-order chi connectivity index (χ1) is 17.2. The number of carbonyl (C=O) groups is 2. The van der Waals surface area contributed by atoms with Crippen LogP contribution in [0.15, 0.2) is 46.4 Å². The average molecular weight is 495 g/mol. The Morgan fingerprint density at radius 1 is 0.806 bits per heavy atom. The molecule has 0 aliphatic heterocycles. The Kier molecular flexibility index (Phi) is 4.50. The maximum Gasteiger partial charge on any atom is 0.267 e. The van der Waals surface area contributed by atoms with E-state index >= 15 is 0 Å². The summed E-state index contributed by atoms with van der Waals surface area (Å²) in [5, 5.41) is 1.57. The standard InChI is InChI=1S/C25H10F5N3O3/c1-33-23(15-16(26)18(28)20(30)19(29)17(15)27)32-25-24(33)31-14(36-25)8-13-21(34)11-6-9-4-2-3-5-10(9)7-12(11)22(13)35/h2-8H,1H3. The van der Waals surface area contributed by atoms with Gasteiger partial charge in [0.1, 0.15) is 0 Å². The summed E-state index contributed by atoms with van der Waals surface area (Å²) < 4.78 is 75.6. The maximum absolute atomic E-state index is 14.3. The molecule has 1 aliphatic rings. The highest BCUT2D eigenvalue weighted by Crippen LogP contribution is 2.34. The number of rotatable bonds is 2. The highest BCUT2D eigenvalue weighted by molar-refractivity contribution is 6.42. The number of hydrogen-bond donors (Lipinski definition) is 0. The van der Waals surface area contributed by atoms with Crippen molar-refractivity contribution in [1.82, 2.24) is 14.5 Å². The van der Waals surface area contributed by atoms with Crippen molar-refractivity contribution in [3.05, 3.63) is 88.1 Å². The number of aromatic nitrogens is 3. The molecule has 0 fully saturated rings. The second kappa shape index (κ2) is 7.41.